The Morgan fingerprint density at radius 3 is 2.45 bits per heavy atom. The Morgan fingerprint density at radius 1 is 1.18 bits per heavy atom. The number of benzene rings is 1. The maximum atomic E-state index is 10.5. The predicted molar refractivity (Wildman–Crippen MR) is 86.8 cm³/mol. The molecule has 116 valence electrons. The number of nitrogens with one attached hydrogen (secondary N) is 1. The van der Waals surface area contributed by atoms with Crippen LogP contribution in [0, 0.1) is 5.92 Å². The summed E-state index contributed by atoms with van der Waals surface area (Å²) in [5.41, 5.74) is 3.27. The Morgan fingerprint density at radius 2 is 1.86 bits per heavy atom. The van der Waals surface area contributed by atoms with Crippen LogP contribution < -0.4 is 5.32 Å². The minimum absolute atomic E-state index is 0.194. The largest absolute Gasteiger partial charge is 0.480 e. The first-order chi connectivity index (χ1) is 10.5. The van der Waals surface area contributed by atoms with Crippen LogP contribution in [0.5, 0.6) is 0 Å². The molecule has 1 aromatic carbocycles. The summed E-state index contributed by atoms with van der Waals surface area (Å²) >= 11 is 0. The molecule has 5 nitrogen and oxygen atoms in total. The Labute approximate surface area is 130 Å². The van der Waals surface area contributed by atoms with E-state index in [-0.39, 0.29) is 6.54 Å². The van der Waals surface area contributed by atoms with E-state index in [2.05, 4.69) is 48.2 Å². The van der Waals surface area contributed by atoms with E-state index >= 15 is 0 Å². The molecule has 5 heteroatoms. The van der Waals surface area contributed by atoms with Gasteiger partial charge >= 0.3 is 5.97 Å². The van der Waals surface area contributed by atoms with E-state index in [0.717, 1.165) is 11.1 Å². The second kappa shape index (κ2) is 7.02. The highest BCUT2D eigenvalue weighted by Crippen LogP contribution is 2.27. The summed E-state index contributed by atoms with van der Waals surface area (Å²) in [4.78, 5) is 18.8. The van der Waals surface area contributed by atoms with Crippen molar-refractivity contribution >= 4 is 11.9 Å². The number of aliphatic carboxylic acids is 1. The molecule has 0 aliphatic carbocycles. The topological polar surface area (TPSA) is 75.1 Å². The van der Waals surface area contributed by atoms with Crippen molar-refractivity contribution in [2.24, 2.45) is 5.92 Å². The molecule has 2 rings (SSSR count). The molecule has 0 amide bonds. The van der Waals surface area contributed by atoms with Gasteiger partial charge in [0, 0.05) is 18.0 Å². The van der Waals surface area contributed by atoms with Gasteiger partial charge in [-0.1, -0.05) is 45.0 Å². The number of rotatable bonds is 6. The lowest BCUT2D eigenvalue weighted by atomic mass is 9.89. The van der Waals surface area contributed by atoms with Crippen molar-refractivity contribution in [3.63, 3.8) is 0 Å². The van der Waals surface area contributed by atoms with Crippen molar-refractivity contribution in [2.75, 3.05) is 11.9 Å². The SMILES string of the molecule is CC(C)C(C)c1cccc(-c2cnc(NCC(=O)O)nc2)c1. The minimum atomic E-state index is -0.942. The molecule has 1 aromatic heterocycles. The van der Waals surface area contributed by atoms with Crippen LogP contribution in [0.1, 0.15) is 32.3 Å². The van der Waals surface area contributed by atoms with Crippen molar-refractivity contribution in [2.45, 2.75) is 26.7 Å². The highest BCUT2D eigenvalue weighted by atomic mass is 16.4. The maximum absolute atomic E-state index is 10.5. The first-order valence-electron chi connectivity index (χ1n) is 7.35. The van der Waals surface area contributed by atoms with Crippen molar-refractivity contribution < 1.29 is 9.90 Å². The summed E-state index contributed by atoms with van der Waals surface area (Å²) in [6.45, 7) is 6.45. The second-order valence-corrected chi connectivity index (χ2v) is 5.70. The number of carbonyl (C=O) groups is 1. The molecule has 1 heterocycles. The fourth-order valence-corrected chi connectivity index (χ4v) is 2.11. The van der Waals surface area contributed by atoms with Gasteiger partial charge < -0.3 is 10.4 Å². The Bertz CT molecular complexity index is 639. The van der Waals surface area contributed by atoms with E-state index in [1.807, 2.05) is 12.1 Å². The lowest BCUT2D eigenvalue weighted by Crippen LogP contribution is -2.14. The molecule has 0 fully saturated rings. The smallest absolute Gasteiger partial charge is 0.322 e. The third-order valence-corrected chi connectivity index (χ3v) is 3.80. The number of hydrogen-bond donors (Lipinski definition) is 2. The zero-order valence-corrected chi connectivity index (χ0v) is 13.1. The van der Waals surface area contributed by atoms with Crippen molar-refractivity contribution in [3.8, 4) is 11.1 Å². The second-order valence-electron chi connectivity index (χ2n) is 5.70. The van der Waals surface area contributed by atoms with Crippen molar-refractivity contribution in [3.05, 3.63) is 42.2 Å². The molecule has 22 heavy (non-hydrogen) atoms. The quantitative estimate of drug-likeness (QED) is 0.855. The first-order valence-corrected chi connectivity index (χ1v) is 7.35. The molecule has 0 bridgehead atoms. The predicted octanol–water partition coefficient (Wildman–Crippen LogP) is 3.40. The molecule has 0 saturated heterocycles. The summed E-state index contributed by atoms with van der Waals surface area (Å²) in [7, 11) is 0. The fraction of sp³-hybridized carbons (Fsp3) is 0.353. The third kappa shape index (κ3) is 4.04. The fourth-order valence-electron chi connectivity index (χ4n) is 2.11. The van der Waals surface area contributed by atoms with Crippen LogP contribution in [0.4, 0.5) is 5.95 Å². The zero-order chi connectivity index (χ0) is 16.1. The lowest BCUT2D eigenvalue weighted by molar-refractivity contribution is -0.134. The molecule has 1 unspecified atom stereocenters. The Kier molecular flexibility index (Phi) is 5.09. The van der Waals surface area contributed by atoms with Crippen LogP contribution in [-0.2, 0) is 4.79 Å². The van der Waals surface area contributed by atoms with E-state index in [0.29, 0.717) is 17.8 Å². The molecule has 2 aromatic rings. The van der Waals surface area contributed by atoms with Gasteiger partial charge in [-0.25, -0.2) is 9.97 Å². The van der Waals surface area contributed by atoms with Gasteiger partial charge in [0.05, 0.1) is 0 Å². The first kappa shape index (κ1) is 15.9. The van der Waals surface area contributed by atoms with Crippen LogP contribution in [0.25, 0.3) is 11.1 Å². The average molecular weight is 299 g/mol. The zero-order valence-electron chi connectivity index (χ0n) is 13.1. The summed E-state index contributed by atoms with van der Waals surface area (Å²) < 4.78 is 0. The number of carboxylic acid groups (broad SMARTS) is 1. The van der Waals surface area contributed by atoms with Gasteiger partial charge in [0.1, 0.15) is 6.54 Å². The van der Waals surface area contributed by atoms with Gasteiger partial charge in [-0.15, -0.1) is 0 Å². The van der Waals surface area contributed by atoms with Gasteiger partial charge in [0.2, 0.25) is 5.95 Å². The molecule has 1 atom stereocenters. The summed E-state index contributed by atoms with van der Waals surface area (Å²) in [5.74, 6) is 0.437. The summed E-state index contributed by atoms with van der Waals surface area (Å²) in [5, 5.41) is 11.3. The number of hydrogen-bond acceptors (Lipinski definition) is 4. The van der Waals surface area contributed by atoms with Gasteiger partial charge in [0.25, 0.3) is 0 Å². The molecule has 0 aliphatic rings. The lowest BCUT2D eigenvalue weighted by Gasteiger charge is -2.16. The van der Waals surface area contributed by atoms with E-state index in [1.165, 1.54) is 5.56 Å². The molecular weight excluding hydrogens is 278 g/mol. The van der Waals surface area contributed by atoms with Crippen LogP contribution >= 0.6 is 0 Å². The molecule has 0 saturated carbocycles. The monoisotopic (exact) mass is 299 g/mol. The highest BCUT2D eigenvalue weighted by molar-refractivity contribution is 5.72. The van der Waals surface area contributed by atoms with E-state index in [9.17, 15) is 4.79 Å². The van der Waals surface area contributed by atoms with E-state index in [1.54, 1.807) is 12.4 Å². The normalized spacial score (nSPS) is 12.2. The van der Waals surface area contributed by atoms with E-state index in [4.69, 9.17) is 5.11 Å². The van der Waals surface area contributed by atoms with Crippen molar-refractivity contribution in [1.82, 2.24) is 9.97 Å². The van der Waals surface area contributed by atoms with Gasteiger partial charge in [0.15, 0.2) is 0 Å². The van der Waals surface area contributed by atoms with Crippen LogP contribution in [0.2, 0.25) is 0 Å². The van der Waals surface area contributed by atoms with Gasteiger partial charge in [-0.2, -0.15) is 0 Å². The molecule has 0 radical (unpaired) electrons. The number of carboxylic acids is 1. The van der Waals surface area contributed by atoms with Crippen LogP contribution in [-0.4, -0.2) is 27.6 Å². The van der Waals surface area contributed by atoms with Crippen LogP contribution in [0.15, 0.2) is 36.7 Å². The Balaban J connectivity index is 2.18. The molecular formula is C17H21N3O2. The molecule has 0 aliphatic heterocycles. The highest BCUT2D eigenvalue weighted by Gasteiger charge is 2.11. The van der Waals surface area contributed by atoms with Crippen LogP contribution in [0.3, 0.4) is 0 Å². The maximum Gasteiger partial charge on any atom is 0.322 e. The molecule has 2 N–H and O–H groups in total. The van der Waals surface area contributed by atoms with Gasteiger partial charge in [-0.3, -0.25) is 4.79 Å². The molecule has 0 spiro atoms. The Hall–Kier alpha value is -2.43. The average Bonchev–Trinajstić information content (AvgIpc) is 2.52. The van der Waals surface area contributed by atoms with E-state index < -0.39 is 5.97 Å². The standard InChI is InChI=1S/C17H21N3O2/c1-11(2)12(3)13-5-4-6-14(7-13)15-8-18-17(19-9-15)20-10-16(21)22/h4-9,11-12H,10H2,1-3H3,(H,21,22)(H,18,19,20). The number of nitrogens with zero attached hydrogens (tertiary/aromatic N) is 2. The summed E-state index contributed by atoms with van der Waals surface area (Å²) in [6.07, 6.45) is 3.41. The number of anilines is 1. The minimum Gasteiger partial charge on any atom is -0.480 e. The van der Waals surface area contributed by atoms with Crippen molar-refractivity contribution in [1.29, 1.82) is 0 Å². The number of aromatic nitrogens is 2. The van der Waals surface area contributed by atoms with Gasteiger partial charge in [-0.05, 0) is 23.0 Å². The summed E-state index contributed by atoms with van der Waals surface area (Å²) in [6, 6.07) is 8.37. The third-order valence-electron chi connectivity index (χ3n) is 3.80.